The third kappa shape index (κ3) is 9.87. The number of para-hydroxylation sites is 2. The summed E-state index contributed by atoms with van der Waals surface area (Å²) >= 11 is 0. The molecule has 0 aliphatic carbocycles. The Labute approximate surface area is 221 Å². The van der Waals surface area contributed by atoms with Crippen LogP contribution >= 0.6 is 0 Å². The fourth-order valence-electron chi connectivity index (χ4n) is 3.79. The number of rotatable bonds is 12. The van der Waals surface area contributed by atoms with Crippen LogP contribution in [0.25, 0.3) is 0 Å². The van der Waals surface area contributed by atoms with Crippen LogP contribution in [0.3, 0.4) is 0 Å². The second kappa shape index (κ2) is 18.0. The van der Waals surface area contributed by atoms with Crippen molar-refractivity contribution in [1.82, 2.24) is 4.90 Å². The Kier molecular flexibility index (Phi) is 18.9. The summed E-state index contributed by atoms with van der Waals surface area (Å²) in [6, 6.07) is 13.3. The van der Waals surface area contributed by atoms with Gasteiger partial charge in [-0.2, -0.15) is 0 Å². The molecule has 0 aliphatic rings. The summed E-state index contributed by atoms with van der Waals surface area (Å²) < 4.78 is 0. The van der Waals surface area contributed by atoms with Gasteiger partial charge in [0.2, 0.25) is 0 Å². The summed E-state index contributed by atoms with van der Waals surface area (Å²) in [4.78, 5) is 2.40. The summed E-state index contributed by atoms with van der Waals surface area (Å²) in [6.45, 7) is 13.0. The first-order valence-electron chi connectivity index (χ1n) is 11.0. The molecule has 0 unspecified atom stereocenters. The Bertz CT molecular complexity index is 635. The van der Waals surface area contributed by atoms with E-state index in [-0.39, 0.29) is 50.7 Å². The van der Waals surface area contributed by atoms with Gasteiger partial charge < -0.3 is 49.5 Å². The number of benzene rings is 2. The fraction of sp³-hybridized carbons (Fsp3) is 0.520. The van der Waals surface area contributed by atoms with Crippen LogP contribution in [-0.4, -0.2) is 38.1 Å². The maximum Gasteiger partial charge on any atom is 2.00 e. The van der Waals surface area contributed by atoms with Gasteiger partial charge in [-0.25, -0.2) is 0 Å². The van der Waals surface area contributed by atoms with E-state index in [0.717, 1.165) is 51.9 Å². The second-order valence-corrected chi connectivity index (χ2v) is 7.47. The monoisotopic (exact) mass is 598 g/mol. The van der Waals surface area contributed by atoms with Gasteiger partial charge in [0, 0.05) is 37.6 Å². The van der Waals surface area contributed by atoms with Crippen molar-refractivity contribution in [3.05, 3.63) is 58.7 Å². The predicted molar refractivity (Wildman–Crippen MR) is 125 cm³/mol. The maximum atomic E-state index is 3.70. The molecule has 0 saturated heterocycles. The van der Waals surface area contributed by atoms with Crippen molar-refractivity contribution in [2.24, 2.45) is 0 Å². The Balaban J connectivity index is 0. The molecule has 0 atom stereocenters. The van der Waals surface area contributed by atoms with Crippen molar-refractivity contribution in [2.45, 2.75) is 53.4 Å². The number of aryl methyl sites for hydroxylation is 4. The summed E-state index contributed by atoms with van der Waals surface area (Å²) in [5.74, 6) is 0. The molecule has 31 heavy (non-hydrogen) atoms. The SMILES string of the molecule is CCc1cccc(CC)c1NCCN(C)CCNc1c(CC)cccc1CC.[Br-].[Br-].[Co+2]. The second-order valence-electron chi connectivity index (χ2n) is 7.47. The predicted octanol–water partition coefficient (Wildman–Crippen LogP) is -0.602. The number of hydrogen-bond donors (Lipinski definition) is 2. The molecule has 0 bridgehead atoms. The molecule has 2 aromatic rings. The van der Waals surface area contributed by atoms with E-state index >= 15 is 0 Å². The fourth-order valence-corrected chi connectivity index (χ4v) is 3.79. The van der Waals surface area contributed by atoms with Gasteiger partial charge in [0.05, 0.1) is 0 Å². The first-order chi connectivity index (χ1) is 13.6. The zero-order valence-corrected chi connectivity index (χ0v) is 23.9. The Morgan fingerprint density at radius 1 is 0.613 bits per heavy atom. The molecule has 0 amide bonds. The quantitative estimate of drug-likeness (QED) is 0.341. The van der Waals surface area contributed by atoms with Crippen molar-refractivity contribution in [3.8, 4) is 0 Å². The molecular weight excluding hydrogens is 561 g/mol. The van der Waals surface area contributed by atoms with E-state index in [4.69, 9.17) is 0 Å². The van der Waals surface area contributed by atoms with Crippen molar-refractivity contribution >= 4 is 11.4 Å². The molecule has 6 heteroatoms. The van der Waals surface area contributed by atoms with Crippen LogP contribution in [0.1, 0.15) is 49.9 Å². The molecule has 0 fully saturated rings. The number of halogens is 2. The van der Waals surface area contributed by atoms with E-state index in [1.165, 1.54) is 33.6 Å². The molecule has 0 aromatic heterocycles. The van der Waals surface area contributed by atoms with E-state index in [1.807, 2.05) is 0 Å². The minimum Gasteiger partial charge on any atom is -1.00 e. The molecule has 2 N–H and O–H groups in total. The van der Waals surface area contributed by atoms with E-state index < -0.39 is 0 Å². The number of nitrogens with one attached hydrogen (secondary N) is 2. The van der Waals surface area contributed by atoms with Gasteiger partial charge in [0.1, 0.15) is 0 Å². The van der Waals surface area contributed by atoms with Gasteiger partial charge in [-0.05, 0) is 55.0 Å². The van der Waals surface area contributed by atoms with Crippen molar-refractivity contribution < 1.29 is 50.7 Å². The molecule has 0 heterocycles. The van der Waals surface area contributed by atoms with Crippen LogP contribution < -0.4 is 44.6 Å². The largest absolute Gasteiger partial charge is 2.00 e. The summed E-state index contributed by atoms with van der Waals surface area (Å²) in [5, 5.41) is 7.39. The molecule has 0 spiro atoms. The van der Waals surface area contributed by atoms with Crippen LogP contribution in [0, 0.1) is 0 Å². The number of anilines is 2. The van der Waals surface area contributed by atoms with Crippen molar-refractivity contribution in [2.75, 3.05) is 43.9 Å². The molecule has 2 rings (SSSR count). The van der Waals surface area contributed by atoms with Gasteiger partial charge >= 0.3 is 16.8 Å². The van der Waals surface area contributed by atoms with Crippen LogP contribution in [0.15, 0.2) is 36.4 Å². The Hall–Kier alpha value is -0.534. The number of nitrogens with zero attached hydrogens (tertiary/aromatic N) is 1. The van der Waals surface area contributed by atoms with Crippen LogP contribution in [0.4, 0.5) is 11.4 Å². The average Bonchev–Trinajstić information content (AvgIpc) is 2.73. The van der Waals surface area contributed by atoms with Crippen molar-refractivity contribution in [3.63, 3.8) is 0 Å². The van der Waals surface area contributed by atoms with Crippen LogP contribution in [0.2, 0.25) is 0 Å². The average molecular weight is 600 g/mol. The molecular formula is C25H39Br2CoN3. The summed E-state index contributed by atoms with van der Waals surface area (Å²) in [7, 11) is 2.21. The molecule has 3 nitrogen and oxygen atoms in total. The molecule has 177 valence electrons. The Morgan fingerprint density at radius 3 is 1.16 bits per heavy atom. The summed E-state index contributed by atoms with van der Waals surface area (Å²) in [5.41, 5.74) is 8.39. The molecule has 2 aromatic carbocycles. The van der Waals surface area contributed by atoms with E-state index in [1.54, 1.807) is 0 Å². The number of hydrogen-bond acceptors (Lipinski definition) is 3. The van der Waals surface area contributed by atoms with E-state index in [0.29, 0.717) is 0 Å². The number of likely N-dealkylation sites (N-methyl/N-ethyl adjacent to an activating group) is 1. The summed E-state index contributed by atoms with van der Waals surface area (Å²) in [6.07, 6.45) is 4.30. The normalized spacial score (nSPS) is 10.0. The molecule has 0 saturated carbocycles. The van der Waals surface area contributed by atoms with Gasteiger partial charge in [-0.15, -0.1) is 0 Å². The minimum absolute atomic E-state index is 0. The van der Waals surface area contributed by atoms with Gasteiger partial charge in [0.25, 0.3) is 0 Å². The zero-order chi connectivity index (χ0) is 20.4. The smallest absolute Gasteiger partial charge is 1.00 e. The standard InChI is InChI=1S/C25H39N3.2BrH.Co/c1-6-20-12-10-13-21(7-2)24(20)26-16-18-28(5)19-17-27-25-22(8-3)14-11-15-23(25)9-4;;;/h10-15,26-27H,6-9,16-19H2,1-5H3;2*1H;/q;;;+2/p-2. The van der Waals surface area contributed by atoms with Crippen LogP contribution in [0.5, 0.6) is 0 Å². The minimum atomic E-state index is 0. The van der Waals surface area contributed by atoms with Crippen LogP contribution in [-0.2, 0) is 42.5 Å². The third-order valence-electron chi connectivity index (χ3n) is 5.59. The van der Waals surface area contributed by atoms with E-state index in [2.05, 4.69) is 86.7 Å². The first kappa shape index (κ1) is 32.6. The molecule has 1 radical (unpaired) electrons. The van der Waals surface area contributed by atoms with Gasteiger partial charge in [-0.3, -0.25) is 0 Å². The zero-order valence-electron chi connectivity index (χ0n) is 19.7. The van der Waals surface area contributed by atoms with E-state index in [9.17, 15) is 0 Å². The van der Waals surface area contributed by atoms with Crippen molar-refractivity contribution in [1.29, 1.82) is 0 Å². The molecule has 0 aliphatic heterocycles. The van der Waals surface area contributed by atoms with Gasteiger partial charge in [0.15, 0.2) is 0 Å². The Morgan fingerprint density at radius 2 is 0.903 bits per heavy atom. The third-order valence-corrected chi connectivity index (χ3v) is 5.59. The van der Waals surface area contributed by atoms with Gasteiger partial charge in [-0.1, -0.05) is 64.1 Å². The maximum absolute atomic E-state index is 3.70. The topological polar surface area (TPSA) is 27.3 Å². The first-order valence-corrected chi connectivity index (χ1v) is 11.0.